The minimum absolute atomic E-state index is 0.135. The molecule has 0 aliphatic carbocycles. The Morgan fingerprint density at radius 1 is 1.30 bits per heavy atom. The van der Waals surface area contributed by atoms with Crippen molar-refractivity contribution in [2.24, 2.45) is 0 Å². The summed E-state index contributed by atoms with van der Waals surface area (Å²) in [5, 5.41) is 16.7. The Morgan fingerprint density at radius 2 is 2.07 bits per heavy atom. The van der Waals surface area contributed by atoms with E-state index in [2.05, 4.69) is 20.5 Å². The number of morpholine rings is 1. The van der Waals surface area contributed by atoms with Crippen molar-refractivity contribution in [2.45, 2.75) is 6.54 Å². The second-order valence-corrected chi connectivity index (χ2v) is 6.04. The van der Waals surface area contributed by atoms with Gasteiger partial charge in [-0.15, -0.1) is 0 Å². The molecule has 1 aromatic heterocycles. The van der Waals surface area contributed by atoms with Gasteiger partial charge < -0.3 is 20.3 Å². The number of aromatic nitrogens is 1. The molecule has 9 heteroatoms. The molecule has 0 spiro atoms. The monoisotopic (exact) mass is 371 g/mol. The van der Waals surface area contributed by atoms with Crippen LogP contribution >= 0.6 is 0 Å². The third-order valence-corrected chi connectivity index (χ3v) is 4.32. The number of carbonyl (C=O) groups excluding carboxylic acids is 1. The molecule has 2 N–H and O–H groups in total. The number of nitro benzene ring substituents is 1. The summed E-state index contributed by atoms with van der Waals surface area (Å²) in [6, 6.07) is 8.11. The highest BCUT2D eigenvalue weighted by Gasteiger charge is 2.17. The van der Waals surface area contributed by atoms with Gasteiger partial charge in [-0.2, -0.15) is 0 Å². The van der Waals surface area contributed by atoms with Gasteiger partial charge in [-0.3, -0.25) is 14.9 Å². The fourth-order valence-electron chi connectivity index (χ4n) is 2.86. The number of hydrogen-bond donors (Lipinski definition) is 2. The lowest BCUT2D eigenvalue weighted by atomic mass is 10.1. The summed E-state index contributed by atoms with van der Waals surface area (Å²) in [6.45, 7) is 3.21. The van der Waals surface area contributed by atoms with Crippen molar-refractivity contribution in [3.05, 3.63) is 57.8 Å². The molecule has 1 saturated heterocycles. The molecule has 0 atom stereocenters. The highest BCUT2D eigenvalue weighted by Crippen LogP contribution is 2.25. The molecular formula is C18H21N5O4. The van der Waals surface area contributed by atoms with Crippen LogP contribution in [0.25, 0.3) is 0 Å². The third kappa shape index (κ3) is 4.50. The smallest absolute Gasteiger partial charge is 0.293 e. The van der Waals surface area contributed by atoms with Crippen LogP contribution in [0, 0.1) is 10.1 Å². The number of rotatable bonds is 6. The molecule has 1 fully saturated rings. The van der Waals surface area contributed by atoms with E-state index in [0.29, 0.717) is 25.4 Å². The zero-order chi connectivity index (χ0) is 19.2. The lowest BCUT2D eigenvalue weighted by Crippen LogP contribution is -2.36. The largest absolute Gasteiger partial charge is 0.383 e. The second-order valence-electron chi connectivity index (χ2n) is 6.04. The SMILES string of the molecule is CNc1ccc(C(=O)NCc2ccnc(N3CCOCC3)c2)cc1[N+](=O)[O-]. The van der Waals surface area contributed by atoms with Crippen LogP contribution in [0.4, 0.5) is 17.2 Å². The van der Waals surface area contributed by atoms with E-state index in [-0.39, 0.29) is 17.2 Å². The van der Waals surface area contributed by atoms with Gasteiger partial charge in [0, 0.05) is 44.5 Å². The molecule has 27 heavy (non-hydrogen) atoms. The average molecular weight is 371 g/mol. The quantitative estimate of drug-likeness (QED) is 0.588. The van der Waals surface area contributed by atoms with E-state index in [0.717, 1.165) is 24.5 Å². The number of nitrogens with one attached hydrogen (secondary N) is 2. The molecule has 1 amide bonds. The minimum Gasteiger partial charge on any atom is -0.383 e. The Bertz CT molecular complexity index is 836. The van der Waals surface area contributed by atoms with Gasteiger partial charge in [0.05, 0.1) is 18.1 Å². The van der Waals surface area contributed by atoms with Gasteiger partial charge in [-0.1, -0.05) is 0 Å². The van der Waals surface area contributed by atoms with Crippen LogP contribution in [0.1, 0.15) is 15.9 Å². The van der Waals surface area contributed by atoms with Crippen LogP contribution < -0.4 is 15.5 Å². The maximum atomic E-state index is 12.4. The Kier molecular flexibility index (Phi) is 5.82. The molecule has 2 aromatic rings. The molecule has 1 aromatic carbocycles. The van der Waals surface area contributed by atoms with Gasteiger partial charge >= 0.3 is 0 Å². The first-order valence-electron chi connectivity index (χ1n) is 8.60. The van der Waals surface area contributed by atoms with Gasteiger partial charge in [-0.05, 0) is 29.8 Å². The van der Waals surface area contributed by atoms with Gasteiger partial charge in [0.1, 0.15) is 11.5 Å². The number of pyridine rings is 1. The van der Waals surface area contributed by atoms with E-state index in [1.165, 1.54) is 12.1 Å². The fourth-order valence-corrected chi connectivity index (χ4v) is 2.86. The lowest BCUT2D eigenvalue weighted by molar-refractivity contribution is -0.384. The molecular weight excluding hydrogens is 350 g/mol. The summed E-state index contributed by atoms with van der Waals surface area (Å²) >= 11 is 0. The van der Waals surface area contributed by atoms with Crippen molar-refractivity contribution in [2.75, 3.05) is 43.6 Å². The molecule has 0 saturated carbocycles. The summed E-state index contributed by atoms with van der Waals surface area (Å²) in [6.07, 6.45) is 1.71. The van der Waals surface area contributed by atoms with Crippen LogP contribution in [-0.4, -0.2) is 49.2 Å². The normalized spacial score (nSPS) is 13.9. The number of nitro groups is 1. The maximum Gasteiger partial charge on any atom is 0.293 e. The fraction of sp³-hybridized carbons (Fsp3) is 0.333. The summed E-state index contributed by atoms with van der Waals surface area (Å²) in [5.41, 5.74) is 1.37. The molecule has 1 aliphatic rings. The van der Waals surface area contributed by atoms with Gasteiger partial charge in [0.15, 0.2) is 0 Å². The Hall–Kier alpha value is -3.20. The predicted octanol–water partition coefficient (Wildman–Crippen LogP) is 1.80. The first-order chi connectivity index (χ1) is 13.1. The summed E-state index contributed by atoms with van der Waals surface area (Å²) in [4.78, 5) is 29.5. The predicted molar refractivity (Wildman–Crippen MR) is 101 cm³/mol. The Morgan fingerprint density at radius 3 is 2.78 bits per heavy atom. The zero-order valence-electron chi connectivity index (χ0n) is 15.0. The molecule has 2 heterocycles. The number of ether oxygens (including phenoxy) is 1. The lowest BCUT2D eigenvalue weighted by Gasteiger charge is -2.28. The summed E-state index contributed by atoms with van der Waals surface area (Å²) < 4.78 is 5.34. The van der Waals surface area contributed by atoms with Crippen LogP contribution in [-0.2, 0) is 11.3 Å². The van der Waals surface area contributed by atoms with Crippen molar-refractivity contribution in [1.82, 2.24) is 10.3 Å². The Labute approximate surface area is 156 Å². The van der Waals surface area contributed by atoms with Crippen molar-refractivity contribution in [3.8, 4) is 0 Å². The van der Waals surface area contributed by atoms with E-state index in [4.69, 9.17) is 4.74 Å². The minimum atomic E-state index is -0.514. The van der Waals surface area contributed by atoms with Crippen molar-refractivity contribution in [3.63, 3.8) is 0 Å². The van der Waals surface area contributed by atoms with Crippen molar-refractivity contribution < 1.29 is 14.5 Å². The van der Waals surface area contributed by atoms with Crippen LogP contribution in [0.5, 0.6) is 0 Å². The average Bonchev–Trinajstić information content (AvgIpc) is 2.72. The molecule has 0 unspecified atom stereocenters. The van der Waals surface area contributed by atoms with Gasteiger partial charge in [0.25, 0.3) is 11.6 Å². The highest BCUT2D eigenvalue weighted by atomic mass is 16.6. The number of benzene rings is 1. The Balaban J connectivity index is 1.67. The molecule has 3 rings (SSSR count). The zero-order valence-corrected chi connectivity index (χ0v) is 15.0. The highest BCUT2D eigenvalue weighted by molar-refractivity contribution is 5.95. The first-order valence-corrected chi connectivity index (χ1v) is 8.60. The number of anilines is 2. The topological polar surface area (TPSA) is 110 Å². The molecule has 142 valence electrons. The van der Waals surface area contributed by atoms with Gasteiger partial charge in [-0.25, -0.2) is 4.98 Å². The standard InChI is InChI=1S/C18H21N5O4/c1-19-15-3-2-14(11-16(15)23(25)26)18(24)21-12-13-4-5-20-17(10-13)22-6-8-27-9-7-22/h2-5,10-11,19H,6-9,12H2,1H3,(H,21,24). The number of carbonyl (C=O) groups is 1. The van der Waals surface area contributed by atoms with E-state index >= 15 is 0 Å². The van der Waals surface area contributed by atoms with E-state index in [9.17, 15) is 14.9 Å². The second kappa shape index (κ2) is 8.45. The van der Waals surface area contributed by atoms with Crippen LogP contribution in [0.15, 0.2) is 36.5 Å². The van der Waals surface area contributed by atoms with Crippen molar-refractivity contribution in [1.29, 1.82) is 0 Å². The van der Waals surface area contributed by atoms with Crippen molar-refractivity contribution >= 4 is 23.1 Å². The van der Waals surface area contributed by atoms with E-state index in [1.54, 1.807) is 19.3 Å². The number of nitrogens with zero attached hydrogens (tertiary/aromatic N) is 3. The third-order valence-electron chi connectivity index (χ3n) is 4.32. The number of hydrogen-bond acceptors (Lipinski definition) is 7. The van der Waals surface area contributed by atoms with Gasteiger partial charge in [0.2, 0.25) is 0 Å². The molecule has 0 radical (unpaired) electrons. The number of amides is 1. The molecule has 0 bridgehead atoms. The first kappa shape index (κ1) is 18.6. The van der Waals surface area contributed by atoms with Crippen LogP contribution in [0.2, 0.25) is 0 Å². The van der Waals surface area contributed by atoms with E-state index < -0.39 is 4.92 Å². The summed E-state index contributed by atoms with van der Waals surface area (Å²) in [5.74, 6) is 0.476. The molecule has 9 nitrogen and oxygen atoms in total. The summed E-state index contributed by atoms with van der Waals surface area (Å²) in [7, 11) is 1.59. The van der Waals surface area contributed by atoms with E-state index in [1.807, 2.05) is 12.1 Å². The molecule has 1 aliphatic heterocycles. The maximum absolute atomic E-state index is 12.4. The van der Waals surface area contributed by atoms with Crippen LogP contribution in [0.3, 0.4) is 0 Å².